The molecule has 2 saturated heterocycles. The Labute approximate surface area is 263 Å². The van der Waals surface area contributed by atoms with Crippen molar-refractivity contribution in [3.63, 3.8) is 0 Å². The largest absolute Gasteiger partial charge is 0.444 e. The van der Waals surface area contributed by atoms with E-state index in [1.807, 2.05) is 71.6 Å². The third-order valence-electron chi connectivity index (χ3n) is 8.09. The lowest BCUT2D eigenvalue weighted by Crippen LogP contribution is -2.51. The first-order valence-electron chi connectivity index (χ1n) is 15.5. The van der Waals surface area contributed by atoms with Gasteiger partial charge in [-0.1, -0.05) is 60.7 Å². The average molecular weight is 616 g/mol. The van der Waals surface area contributed by atoms with Gasteiger partial charge in [-0.15, -0.1) is 11.3 Å². The summed E-state index contributed by atoms with van der Waals surface area (Å²) in [4.78, 5) is 48.3. The van der Waals surface area contributed by atoms with Gasteiger partial charge in [-0.2, -0.15) is 0 Å². The summed E-state index contributed by atoms with van der Waals surface area (Å²) in [6.07, 6.45) is 9.50. The zero-order chi connectivity index (χ0) is 30.6. The topological polar surface area (TPSA) is 104 Å². The van der Waals surface area contributed by atoms with E-state index in [0.29, 0.717) is 32.2 Å². The van der Waals surface area contributed by atoms with Gasteiger partial charge in [-0.05, 0) is 68.6 Å². The van der Waals surface area contributed by atoms with E-state index in [4.69, 9.17) is 4.74 Å². The number of aromatic nitrogens is 1. The second-order valence-corrected chi connectivity index (χ2v) is 12.3. The predicted molar refractivity (Wildman–Crippen MR) is 172 cm³/mol. The SMILES string of the molecule is O=C(N[C@@H](CC/C(=C\c1ccccc1)NC(=O)[C@@H]1CCCN1C(=O)N1CCCCC1)Cc1ccccc1)OCc1cncs1. The number of hydrogen-bond donors (Lipinski definition) is 2. The average Bonchev–Trinajstić information content (AvgIpc) is 3.77. The molecule has 0 radical (unpaired) electrons. The Balaban J connectivity index is 1.27. The maximum atomic E-state index is 13.7. The van der Waals surface area contributed by atoms with Crippen LogP contribution in [0.4, 0.5) is 9.59 Å². The van der Waals surface area contributed by atoms with Gasteiger partial charge in [-0.25, -0.2) is 9.59 Å². The number of allylic oxidation sites excluding steroid dienone is 1. The van der Waals surface area contributed by atoms with Crippen LogP contribution >= 0.6 is 11.3 Å². The number of alkyl carbamates (subject to hydrolysis) is 1. The summed E-state index contributed by atoms with van der Waals surface area (Å²) in [5.74, 6) is -0.161. The first-order valence-corrected chi connectivity index (χ1v) is 16.4. The summed E-state index contributed by atoms with van der Waals surface area (Å²) in [5, 5.41) is 6.21. The van der Waals surface area contributed by atoms with E-state index in [1.165, 1.54) is 11.3 Å². The summed E-state index contributed by atoms with van der Waals surface area (Å²) in [5.41, 5.74) is 4.51. The van der Waals surface area contributed by atoms with Crippen LogP contribution in [0.1, 0.15) is 60.9 Å². The lowest BCUT2D eigenvalue weighted by atomic mass is 10.00. The quantitative estimate of drug-likeness (QED) is 0.276. The molecule has 2 atom stereocenters. The number of urea groups is 1. The number of carbonyl (C=O) groups is 3. The van der Waals surface area contributed by atoms with E-state index in [9.17, 15) is 14.4 Å². The first-order chi connectivity index (χ1) is 21.5. The highest BCUT2D eigenvalue weighted by Gasteiger charge is 2.36. The number of hydrogen-bond acceptors (Lipinski definition) is 6. The van der Waals surface area contributed by atoms with Crippen LogP contribution in [0.25, 0.3) is 6.08 Å². The molecule has 3 aromatic rings. The zero-order valence-corrected chi connectivity index (χ0v) is 25.8. The van der Waals surface area contributed by atoms with Crippen LogP contribution in [0, 0.1) is 0 Å². The fourth-order valence-electron chi connectivity index (χ4n) is 5.81. The molecule has 5 rings (SSSR count). The fraction of sp³-hybridized carbons (Fsp3) is 0.412. The fourth-order valence-corrected chi connectivity index (χ4v) is 6.32. The van der Waals surface area contributed by atoms with Crippen molar-refractivity contribution in [3.05, 3.63) is 94.1 Å². The lowest BCUT2D eigenvalue weighted by Gasteiger charge is -2.33. The van der Waals surface area contributed by atoms with Crippen LogP contribution in [0.2, 0.25) is 0 Å². The first kappa shape index (κ1) is 31.3. The van der Waals surface area contributed by atoms with Crippen molar-refractivity contribution in [2.75, 3.05) is 19.6 Å². The Kier molecular flexibility index (Phi) is 11.4. The number of ether oxygens (including phenoxy) is 1. The molecular weight excluding hydrogens is 574 g/mol. The van der Waals surface area contributed by atoms with Gasteiger partial charge < -0.3 is 25.2 Å². The van der Waals surface area contributed by atoms with Gasteiger partial charge in [-0.3, -0.25) is 9.78 Å². The monoisotopic (exact) mass is 615 g/mol. The van der Waals surface area contributed by atoms with Crippen LogP contribution in [0.15, 0.2) is 78.1 Å². The van der Waals surface area contributed by atoms with E-state index in [-0.39, 0.29) is 24.6 Å². The number of carbonyl (C=O) groups excluding carboxylic acids is 3. The van der Waals surface area contributed by atoms with Gasteiger partial charge in [0.15, 0.2) is 0 Å². The second-order valence-electron chi connectivity index (χ2n) is 11.4. The minimum absolute atomic E-state index is 0.0279. The standard InChI is InChI=1S/C34H41N5O4S/c40-32(31-15-10-20-39(31)34(42)38-18-8-3-9-19-38)36-28(21-26-11-4-1-5-12-26)16-17-29(22-27-13-6-2-7-14-27)37-33(41)43-24-30-23-35-25-44-30/h1-2,4-7,11-14,21,23,25,29,31H,3,8-10,15-20,22,24H2,(H,36,40)(H,37,41)/b28-21+/t29-,31-/m0/s1. The van der Waals surface area contributed by atoms with Crippen molar-refractivity contribution >= 4 is 35.4 Å². The third kappa shape index (κ3) is 9.16. The number of nitrogens with one attached hydrogen (secondary N) is 2. The highest BCUT2D eigenvalue weighted by Crippen LogP contribution is 2.23. The molecule has 2 N–H and O–H groups in total. The summed E-state index contributed by atoms with van der Waals surface area (Å²) in [6.45, 7) is 2.27. The van der Waals surface area contributed by atoms with E-state index in [1.54, 1.807) is 16.6 Å². The Morgan fingerprint density at radius 2 is 1.73 bits per heavy atom. The minimum atomic E-state index is -0.497. The Morgan fingerprint density at radius 3 is 2.45 bits per heavy atom. The van der Waals surface area contributed by atoms with Crippen LogP contribution < -0.4 is 10.6 Å². The molecule has 0 aliphatic carbocycles. The molecule has 2 aliphatic rings. The molecule has 3 heterocycles. The molecule has 9 nitrogen and oxygen atoms in total. The molecule has 0 saturated carbocycles. The van der Waals surface area contributed by atoms with Gasteiger partial charge in [0.05, 0.1) is 10.4 Å². The van der Waals surface area contributed by atoms with E-state index in [2.05, 4.69) is 15.6 Å². The van der Waals surface area contributed by atoms with E-state index < -0.39 is 12.1 Å². The van der Waals surface area contributed by atoms with Gasteiger partial charge in [0.2, 0.25) is 5.91 Å². The van der Waals surface area contributed by atoms with Crippen LogP contribution in [-0.2, 0) is 22.6 Å². The van der Waals surface area contributed by atoms with Crippen LogP contribution in [0.3, 0.4) is 0 Å². The number of thiazole rings is 1. The second kappa shape index (κ2) is 16.0. The molecule has 0 bridgehead atoms. The van der Waals surface area contributed by atoms with Crippen molar-refractivity contribution in [1.29, 1.82) is 0 Å². The van der Waals surface area contributed by atoms with Crippen molar-refractivity contribution in [3.8, 4) is 0 Å². The Morgan fingerprint density at radius 1 is 0.977 bits per heavy atom. The molecule has 2 aromatic carbocycles. The molecular formula is C34H41N5O4S. The van der Waals surface area contributed by atoms with Crippen LogP contribution in [0.5, 0.6) is 0 Å². The number of benzene rings is 2. The van der Waals surface area contributed by atoms with Crippen LogP contribution in [-0.4, -0.2) is 64.5 Å². The van der Waals surface area contributed by atoms with Crippen molar-refractivity contribution < 1.29 is 19.1 Å². The summed E-state index contributed by atoms with van der Waals surface area (Å²) in [6, 6.07) is 19.1. The highest BCUT2D eigenvalue weighted by molar-refractivity contribution is 7.09. The van der Waals surface area contributed by atoms with E-state index in [0.717, 1.165) is 60.5 Å². The van der Waals surface area contributed by atoms with E-state index >= 15 is 0 Å². The zero-order valence-electron chi connectivity index (χ0n) is 25.0. The summed E-state index contributed by atoms with van der Waals surface area (Å²) < 4.78 is 5.47. The van der Waals surface area contributed by atoms with Crippen molar-refractivity contribution in [2.45, 2.75) is 70.1 Å². The van der Waals surface area contributed by atoms with Crippen molar-refractivity contribution in [1.82, 2.24) is 25.4 Å². The molecule has 10 heteroatoms. The minimum Gasteiger partial charge on any atom is -0.444 e. The van der Waals surface area contributed by atoms with Crippen molar-refractivity contribution in [2.24, 2.45) is 0 Å². The number of amides is 4. The maximum absolute atomic E-state index is 13.7. The number of nitrogens with zero attached hydrogens (tertiary/aromatic N) is 3. The molecule has 0 spiro atoms. The third-order valence-corrected chi connectivity index (χ3v) is 8.84. The number of piperidine rings is 1. The molecule has 4 amide bonds. The predicted octanol–water partition coefficient (Wildman–Crippen LogP) is 5.99. The number of likely N-dealkylation sites (tertiary alicyclic amines) is 2. The maximum Gasteiger partial charge on any atom is 0.407 e. The van der Waals surface area contributed by atoms with Gasteiger partial charge >= 0.3 is 12.1 Å². The van der Waals surface area contributed by atoms with Gasteiger partial charge in [0.1, 0.15) is 12.6 Å². The smallest absolute Gasteiger partial charge is 0.407 e. The van der Waals surface area contributed by atoms with Gasteiger partial charge in [0, 0.05) is 37.6 Å². The Bertz CT molecular complexity index is 1380. The molecule has 2 fully saturated rings. The summed E-state index contributed by atoms with van der Waals surface area (Å²) >= 11 is 1.44. The molecule has 232 valence electrons. The summed E-state index contributed by atoms with van der Waals surface area (Å²) in [7, 11) is 0. The molecule has 44 heavy (non-hydrogen) atoms. The normalized spacial score (nSPS) is 17.6. The molecule has 0 unspecified atom stereocenters. The molecule has 2 aliphatic heterocycles. The molecule has 1 aromatic heterocycles. The number of rotatable bonds is 11. The Hall–Kier alpha value is -4.18. The highest BCUT2D eigenvalue weighted by atomic mass is 32.1. The van der Waals surface area contributed by atoms with Gasteiger partial charge in [0.25, 0.3) is 0 Å². The lowest BCUT2D eigenvalue weighted by molar-refractivity contribution is -0.124.